The lowest BCUT2D eigenvalue weighted by Crippen LogP contribution is -1.54. The van der Waals surface area contributed by atoms with Gasteiger partial charge in [-0.1, -0.05) is 44.2 Å². The predicted molar refractivity (Wildman–Crippen MR) is 55.3 cm³/mol. The molecule has 13 heavy (non-hydrogen) atoms. The number of nitriles is 1. The first-order valence-corrected chi connectivity index (χ1v) is 4.08. The minimum atomic E-state index is 0.701. The van der Waals surface area contributed by atoms with Crippen molar-refractivity contribution in [1.29, 1.82) is 5.26 Å². The minimum Gasteiger partial charge on any atom is -0.238 e. The van der Waals surface area contributed by atoms with Crippen LogP contribution in [0.15, 0.2) is 30.3 Å². The highest BCUT2D eigenvalue weighted by atomic mass is 14.6. The van der Waals surface area contributed by atoms with Gasteiger partial charge in [0.05, 0.1) is 12.6 Å². The molecule has 0 aliphatic carbocycles. The number of benzene rings is 1. The molecule has 0 fully saturated rings. The summed E-state index contributed by atoms with van der Waals surface area (Å²) in [4.78, 5) is 3.22. The molecular weight excluding hydrogens is 160 g/mol. The zero-order valence-electron chi connectivity index (χ0n) is 8.28. The van der Waals surface area contributed by atoms with Crippen LogP contribution in [0.1, 0.15) is 20.8 Å². The first kappa shape index (κ1) is 13.8. The molecule has 0 saturated heterocycles. The zero-order chi connectivity index (χ0) is 10.5. The zero-order valence-corrected chi connectivity index (χ0v) is 8.28. The van der Waals surface area contributed by atoms with Gasteiger partial charge in [-0.05, 0) is 0 Å². The quantitative estimate of drug-likeness (QED) is 0.550. The van der Waals surface area contributed by atoms with Gasteiger partial charge in [-0.2, -0.15) is 5.26 Å². The summed E-state index contributed by atoms with van der Waals surface area (Å²) in [5.41, 5.74) is 0.701. The predicted octanol–water partition coefficient (Wildman–Crippen LogP) is 3.79. The molecule has 0 radical (unpaired) electrons. The fourth-order valence-corrected chi connectivity index (χ4v) is 0.503. The molecule has 0 aromatic heterocycles. The second-order valence-electron chi connectivity index (χ2n) is 1.67. The van der Waals surface area contributed by atoms with Gasteiger partial charge in [0.2, 0.25) is 0 Å². The third-order valence-corrected chi connectivity index (χ3v) is 0.885. The minimum absolute atomic E-state index is 0.701. The van der Waals surface area contributed by atoms with Crippen molar-refractivity contribution < 1.29 is 0 Å². The Kier molecular flexibility index (Phi) is 13.6. The first-order chi connectivity index (χ1) is 6.35. The standard InChI is InChI=1S/C7H5N.C2H3N.C2H6/c1-8-7-5-3-2-4-6-7;1-2-3;1-2/h2-6H;1H3;1-2H3. The van der Waals surface area contributed by atoms with E-state index in [1.165, 1.54) is 6.92 Å². The molecule has 0 atom stereocenters. The lowest BCUT2D eigenvalue weighted by Gasteiger charge is -1.80. The van der Waals surface area contributed by atoms with Crippen LogP contribution in [0.2, 0.25) is 0 Å². The molecular formula is C11H14N2. The Hall–Kier alpha value is -1.80. The van der Waals surface area contributed by atoms with E-state index >= 15 is 0 Å². The highest BCUT2D eigenvalue weighted by molar-refractivity contribution is 5.42. The van der Waals surface area contributed by atoms with E-state index < -0.39 is 0 Å². The maximum absolute atomic E-state index is 7.32. The van der Waals surface area contributed by atoms with Crippen molar-refractivity contribution in [2.45, 2.75) is 20.8 Å². The number of hydrogen-bond donors (Lipinski definition) is 0. The smallest absolute Gasteiger partial charge is 0.187 e. The van der Waals surface area contributed by atoms with E-state index in [1.807, 2.05) is 32.0 Å². The van der Waals surface area contributed by atoms with Crippen LogP contribution in [-0.4, -0.2) is 0 Å². The summed E-state index contributed by atoms with van der Waals surface area (Å²) in [6.45, 7) is 12.0. The van der Waals surface area contributed by atoms with Crippen LogP contribution in [-0.2, 0) is 0 Å². The molecule has 2 nitrogen and oxygen atoms in total. The van der Waals surface area contributed by atoms with Gasteiger partial charge in [-0.25, -0.2) is 4.85 Å². The largest absolute Gasteiger partial charge is 0.238 e. The summed E-state index contributed by atoms with van der Waals surface area (Å²) in [5, 5.41) is 7.32. The Morgan fingerprint density at radius 3 is 1.85 bits per heavy atom. The van der Waals surface area contributed by atoms with Gasteiger partial charge in [-0.15, -0.1) is 0 Å². The summed E-state index contributed by atoms with van der Waals surface area (Å²) < 4.78 is 0. The third-order valence-electron chi connectivity index (χ3n) is 0.885. The van der Waals surface area contributed by atoms with Crippen LogP contribution >= 0.6 is 0 Å². The Balaban J connectivity index is 0. The normalized spacial score (nSPS) is 5.92. The number of nitrogens with zero attached hydrogens (tertiary/aromatic N) is 2. The van der Waals surface area contributed by atoms with Gasteiger partial charge in [0.1, 0.15) is 0 Å². The monoisotopic (exact) mass is 174 g/mol. The molecule has 1 aromatic carbocycles. The molecule has 0 spiro atoms. The van der Waals surface area contributed by atoms with Gasteiger partial charge in [-0.3, -0.25) is 0 Å². The highest BCUT2D eigenvalue weighted by Gasteiger charge is 1.79. The number of hydrogen-bond acceptors (Lipinski definition) is 1. The molecule has 0 amide bonds. The summed E-state index contributed by atoms with van der Waals surface area (Å²) >= 11 is 0. The van der Waals surface area contributed by atoms with Crippen molar-refractivity contribution in [2.24, 2.45) is 0 Å². The van der Waals surface area contributed by atoms with Crippen LogP contribution in [0.4, 0.5) is 5.69 Å². The van der Waals surface area contributed by atoms with Crippen molar-refractivity contribution in [3.05, 3.63) is 41.7 Å². The lowest BCUT2D eigenvalue weighted by atomic mass is 10.3. The Morgan fingerprint density at radius 2 is 1.62 bits per heavy atom. The molecule has 0 aliphatic rings. The third kappa shape index (κ3) is 10.2. The summed E-state index contributed by atoms with van der Waals surface area (Å²) in [7, 11) is 0. The molecule has 1 aromatic rings. The second-order valence-corrected chi connectivity index (χ2v) is 1.67. The van der Waals surface area contributed by atoms with Crippen LogP contribution in [0.5, 0.6) is 0 Å². The average molecular weight is 174 g/mol. The van der Waals surface area contributed by atoms with E-state index in [-0.39, 0.29) is 0 Å². The molecule has 0 N–H and O–H groups in total. The molecule has 0 unspecified atom stereocenters. The van der Waals surface area contributed by atoms with Crippen LogP contribution in [0.25, 0.3) is 4.85 Å². The fraction of sp³-hybridized carbons (Fsp3) is 0.273. The van der Waals surface area contributed by atoms with Crippen molar-refractivity contribution in [3.63, 3.8) is 0 Å². The van der Waals surface area contributed by atoms with E-state index in [0.29, 0.717) is 5.69 Å². The maximum atomic E-state index is 7.32. The Bertz CT molecular complexity index is 264. The van der Waals surface area contributed by atoms with Crippen molar-refractivity contribution in [3.8, 4) is 6.07 Å². The molecule has 0 saturated carbocycles. The molecule has 0 heterocycles. The van der Waals surface area contributed by atoms with Crippen molar-refractivity contribution in [1.82, 2.24) is 0 Å². The summed E-state index contributed by atoms with van der Waals surface area (Å²) in [5.74, 6) is 0. The molecule has 0 aliphatic heterocycles. The van der Waals surface area contributed by atoms with Crippen LogP contribution in [0, 0.1) is 17.9 Å². The Labute approximate surface area is 80.3 Å². The lowest BCUT2D eigenvalue weighted by molar-refractivity contribution is 1.49. The van der Waals surface area contributed by atoms with E-state index in [4.69, 9.17) is 11.8 Å². The molecule has 1 rings (SSSR count). The van der Waals surface area contributed by atoms with Crippen molar-refractivity contribution >= 4 is 5.69 Å². The van der Waals surface area contributed by atoms with Crippen LogP contribution < -0.4 is 0 Å². The first-order valence-electron chi connectivity index (χ1n) is 4.08. The number of para-hydroxylation sites is 1. The fourth-order valence-electron chi connectivity index (χ4n) is 0.503. The van der Waals surface area contributed by atoms with Crippen molar-refractivity contribution in [2.75, 3.05) is 0 Å². The summed E-state index contributed by atoms with van der Waals surface area (Å²) in [6, 6.07) is 10.9. The van der Waals surface area contributed by atoms with Gasteiger partial charge >= 0.3 is 0 Å². The molecule has 0 bridgehead atoms. The van der Waals surface area contributed by atoms with Crippen LogP contribution in [0.3, 0.4) is 0 Å². The van der Waals surface area contributed by atoms with Gasteiger partial charge < -0.3 is 0 Å². The highest BCUT2D eigenvalue weighted by Crippen LogP contribution is 2.07. The van der Waals surface area contributed by atoms with E-state index in [9.17, 15) is 0 Å². The topological polar surface area (TPSA) is 28.1 Å². The van der Waals surface area contributed by atoms with Gasteiger partial charge in [0, 0.05) is 6.92 Å². The van der Waals surface area contributed by atoms with E-state index in [1.54, 1.807) is 18.2 Å². The molecule has 68 valence electrons. The van der Waals surface area contributed by atoms with E-state index in [2.05, 4.69) is 4.85 Å². The van der Waals surface area contributed by atoms with Gasteiger partial charge in [0.25, 0.3) is 0 Å². The summed E-state index contributed by atoms with van der Waals surface area (Å²) in [6.07, 6.45) is 0. The number of rotatable bonds is 0. The van der Waals surface area contributed by atoms with Gasteiger partial charge in [0.15, 0.2) is 5.69 Å². The molecule has 2 heteroatoms. The Morgan fingerprint density at radius 1 is 1.23 bits per heavy atom. The maximum Gasteiger partial charge on any atom is 0.187 e. The SMILES string of the molecule is CC.CC#N.[C-]#[N+]c1ccccc1. The van der Waals surface area contributed by atoms with E-state index in [0.717, 1.165) is 0 Å². The second kappa shape index (κ2) is 12.8. The average Bonchev–Trinajstić information content (AvgIpc) is 2.23.